The molecule has 2 rings (SSSR count). The molecule has 0 unspecified atom stereocenters. The van der Waals surface area contributed by atoms with Crippen molar-refractivity contribution in [1.82, 2.24) is 20.2 Å². The largest absolute Gasteiger partial charge is 0.480 e. The van der Waals surface area contributed by atoms with Crippen LogP contribution in [0.4, 0.5) is 0 Å². The van der Waals surface area contributed by atoms with Crippen molar-refractivity contribution in [2.75, 3.05) is 6.26 Å². The monoisotopic (exact) mass is 296 g/mol. The number of rotatable bonds is 6. The molecule has 0 atom stereocenters. The normalized spacial score (nSPS) is 10.6. The summed E-state index contributed by atoms with van der Waals surface area (Å²) in [5.41, 5.74) is 1.15. The number of aromatic nitrogens is 4. The lowest BCUT2D eigenvalue weighted by Gasteiger charge is -2.03. The van der Waals surface area contributed by atoms with Gasteiger partial charge < -0.3 is 5.11 Å². The minimum absolute atomic E-state index is 0.221. The lowest BCUT2D eigenvalue weighted by atomic mass is 10.2. The van der Waals surface area contributed by atoms with Crippen LogP contribution in [0.15, 0.2) is 34.3 Å². The van der Waals surface area contributed by atoms with Crippen molar-refractivity contribution in [3.8, 4) is 0 Å². The van der Waals surface area contributed by atoms with Gasteiger partial charge in [-0.1, -0.05) is 23.9 Å². The summed E-state index contributed by atoms with van der Waals surface area (Å²) in [6, 6.07) is 8.20. The zero-order valence-electron chi connectivity index (χ0n) is 10.2. The van der Waals surface area contributed by atoms with Gasteiger partial charge in [0.1, 0.15) is 6.54 Å². The molecule has 0 fully saturated rings. The highest BCUT2D eigenvalue weighted by molar-refractivity contribution is 7.98. The smallest absolute Gasteiger partial charge is 0.325 e. The fourth-order valence-electron chi connectivity index (χ4n) is 1.40. The van der Waals surface area contributed by atoms with Crippen molar-refractivity contribution in [2.24, 2.45) is 0 Å². The number of benzene rings is 1. The van der Waals surface area contributed by atoms with E-state index in [9.17, 15) is 4.79 Å². The van der Waals surface area contributed by atoms with Gasteiger partial charge in [0.15, 0.2) is 0 Å². The van der Waals surface area contributed by atoms with E-state index in [0.29, 0.717) is 10.9 Å². The van der Waals surface area contributed by atoms with Crippen LogP contribution in [0.1, 0.15) is 5.56 Å². The number of hydrogen-bond acceptors (Lipinski definition) is 6. The van der Waals surface area contributed by atoms with Crippen LogP contribution in [0.3, 0.4) is 0 Å². The minimum Gasteiger partial charge on any atom is -0.480 e. The van der Waals surface area contributed by atoms with Gasteiger partial charge in [0, 0.05) is 10.6 Å². The molecule has 1 N–H and O–H groups in total. The molecule has 0 saturated carbocycles. The first kappa shape index (κ1) is 13.9. The second-order valence-electron chi connectivity index (χ2n) is 3.65. The molecule has 2 aromatic rings. The van der Waals surface area contributed by atoms with Gasteiger partial charge in [-0.05, 0) is 34.4 Å². The molecular weight excluding hydrogens is 284 g/mol. The Labute approximate surface area is 118 Å². The molecule has 1 aromatic heterocycles. The highest BCUT2D eigenvalue weighted by Gasteiger charge is 2.09. The van der Waals surface area contributed by atoms with Gasteiger partial charge in [0.05, 0.1) is 0 Å². The molecule has 0 bridgehead atoms. The van der Waals surface area contributed by atoms with Crippen LogP contribution in [-0.4, -0.2) is 37.5 Å². The van der Waals surface area contributed by atoms with Crippen molar-refractivity contribution >= 4 is 29.5 Å². The number of carbonyl (C=O) groups is 1. The first-order chi connectivity index (χ1) is 9.19. The van der Waals surface area contributed by atoms with Gasteiger partial charge in [-0.3, -0.25) is 4.79 Å². The fraction of sp³-hybridized carbons (Fsp3) is 0.273. The summed E-state index contributed by atoms with van der Waals surface area (Å²) in [5.74, 6) is -0.257. The number of carboxylic acids is 1. The Kier molecular flexibility index (Phi) is 4.80. The third-order valence-electron chi connectivity index (χ3n) is 2.31. The standard InChI is InChI=1S/C11H12N4O2S2/c1-18-9-4-2-8(3-5-9)7-19-11-12-13-14-15(11)6-10(16)17/h2-5H,6-7H2,1H3,(H,16,17). The summed E-state index contributed by atoms with van der Waals surface area (Å²) >= 11 is 3.11. The van der Waals surface area contributed by atoms with Crippen molar-refractivity contribution in [3.05, 3.63) is 29.8 Å². The Morgan fingerprint density at radius 2 is 2.11 bits per heavy atom. The Balaban J connectivity index is 1.98. The molecule has 0 aliphatic heterocycles. The molecule has 0 amide bonds. The van der Waals surface area contributed by atoms with Crippen LogP contribution in [0, 0.1) is 0 Å². The van der Waals surface area contributed by atoms with Crippen molar-refractivity contribution in [2.45, 2.75) is 22.3 Å². The van der Waals surface area contributed by atoms with Crippen LogP contribution in [0.5, 0.6) is 0 Å². The maximum atomic E-state index is 10.6. The second-order valence-corrected chi connectivity index (χ2v) is 5.47. The zero-order chi connectivity index (χ0) is 13.7. The molecular formula is C11H12N4O2S2. The van der Waals surface area contributed by atoms with Crippen molar-refractivity contribution < 1.29 is 9.90 Å². The van der Waals surface area contributed by atoms with Gasteiger partial charge in [-0.15, -0.1) is 16.9 Å². The minimum atomic E-state index is -0.960. The highest BCUT2D eigenvalue weighted by Crippen LogP contribution is 2.22. The zero-order valence-corrected chi connectivity index (χ0v) is 11.8. The summed E-state index contributed by atoms with van der Waals surface area (Å²) in [6.07, 6.45) is 2.03. The number of carboxylic acid groups (broad SMARTS) is 1. The predicted molar refractivity (Wildman–Crippen MR) is 73.2 cm³/mol. The molecule has 1 heterocycles. The third-order valence-corrected chi connectivity index (χ3v) is 4.08. The van der Waals surface area contributed by atoms with Crippen LogP contribution < -0.4 is 0 Å². The number of aliphatic carboxylic acids is 1. The lowest BCUT2D eigenvalue weighted by Crippen LogP contribution is -2.11. The average Bonchev–Trinajstić information content (AvgIpc) is 2.83. The first-order valence-electron chi connectivity index (χ1n) is 5.42. The molecule has 0 saturated heterocycles. The lowest BCUT2D eigenvalue weighted by molar-refractivity contribution is -0.138. The third kappa shape index (κ3) is 3.97. The van der Waals surface area contributed by atoms with E-state index in [1.165, 1.54) is 21.3 Å². The number of nitrogens with zero attached hydrogens (tertiary/aromatic N) is 4. The number of thioether (sulfide) groups is 2. The maximum Gasteiger partial charge on any atom is 0.325 e. The van der Waals surface area contributed by atoms with E-state index in [-0.39, 0.29) is 6.54 Å². The summed E-state index contributed by atoms with van der Waals surface area (Å²) in [7, 11) is 0. The van der Waals surface area contributed by atoms with Crippen LogP contribution in [0.2, 0.25) is 0 Å². The Bertz CT molecular complexity index is 556. The van der Waals surface area contributed by atoms with Gasteiger partial charge in [-0.2, -0.15) is 0 Å². The van der Waals surface area contributed by atoms with Gasteiger partial charge >= 0.3 is 5.97 Å². The molecule has 0 spiro atoms. The summed E-state index contributed by atoms with van der Waals surface area (Å²) in [5, 5.41) is 20.2. The predicted octanol–water partition coefficient (Wildman–Crippen LogP) is 1.77. The number of tetrazole rings is 1. The molecule has 8 heteroatoms. The Morgan fingerprint density at radius 3 is 2.74 bits per heavy atom. The van der Waals surface area contributed by atoms with Crippen LogP contribution in [-0.2, 0) is 17.1 Å². The van der Waals surface area contributed by atoms with E-state index in [0.717, 1.165) is 5.56 Å². The van der Waals surface area contributed by atoms with Crippen molar-refractivity contribution in [1.29, 1.82) is 0 Å². The SMILES string of the molecule is CSc1ccc(CSc2nnnn2CC(=O)O)cc1. The fourth-order valence-corrected chi connectivity index (χ4v) is 2.64. The molecule has 0 aliphatic carbocycles. The highest BCUT2D eigenvalue weighted by atomic mass is 32.2. The van der Waals surface area contributed by atoms with Crippen molar-refractivity contribution in [3.63, 3.8) is 0 Å². The molecule has 0 radical (unpaired) electrons. The van der Waals surface area contributed by atoms with E-state index in [4.69, 9.17) is 5.11 Å². The molecule has 0 aliphatic rings. The molecule has 100 valence electrons. The molecule has 19 heavy (non-hydrogen) atoms. The molecule has 6 nitrogen and oxygen atoms in total. The summed E-state index contributed by atoms with van der Waals surface area (Å²) in [4.78, 5) is 11.8. The van der Waals surface area contributed by atoms with Crippen LogP contribution >= 0.6 is 23.5 Å². The van der Waals surface area contributed by atoms with E-state index in [1.54, 1.807) is 11.8 Å². The molecule has 1 aromatic carbocycles. The van der Waals surface area contributed by atoms with Gasteiger partial charge in [0.2, 0.25) is 5.16 Å². The van der Waals surface area contributed by atoms with E-state index < -0.39 is 5.97 Å². The van der Waals surface area contributed by atoms with E-state index >= 15 is 0 Å². The topological polar surface area (TPSA) is 80.9 Å². The first-order valence-corrected chi connectivity index (χ1v) is 7.64. The summed E-state index contributed by atoms with van der Waals surface area (Å²) in [6.45, 7) is -0.221. The van der Waals surface area contributed by atoms with E-state index in [2.05, 4.69) is 27.7 Å². The van der Waals surface area contributed by atoms with Gasteiger partial charge in [0.25, 0.3) is 0 Å². The summed E-state index contributed by atoms with van der Waals surface area (Å²) < 4.78 is 1.28. The quantitative estimate of drug-likeness (QED) is 0.814. The Hall–Kier alpha value is -1.54. The van der Waals surface area contributed by atoms with E-state index in [1.807, 2.05) is 18.4 Å². The second kappa shape index (κ2) is 6.58. The Morgan fingerprint density at radius 1 is 1.37 bits per heavy atom. The average molecular weight is 296 g/mol. The van der Waals surface area contributed by atoms with Crippen LogP contribution in [0.25, 0.3) is 0 Å². The maximum absolute atomic E-state index is 10.6. The number of hydrogen-bond donors (Lipinski definition) is 1. The van der Waals surface area contributed by atoms with Gasteiger partial charge in [-0.25, -0.2) is 4.68 Å².